The van der Waals surface area contributed by atoms with Gasteiger partial charge in [0, 0.05) is 0 Å². The van der Waals surface area contributed by atoms with Crippen molar-refractivity contribution in [2.75, 3.05) is 6.61 Å². The Morgan fingerprint density at radius 2 is 1.67 bits per heavy atom. The molecule has 5 nitrogen and oxygen atoms in total. The van der Waals surface area contributed by atoms with E-state index in [1.54, 1.807) is 19.1 Å². The second kappa shape index (κ2) is 13.7. The van der Waals surface area contributed by atoms with Crippen molar-refractivity contribution in [2.45, 2.75) is 72.4 Å². The van der Waals surface area contributed by atoms with Crippen LogP contribution in [0.5, 0.6) is 0 Å². The first kappa shape index (κ1) is 25.6. The summed E-state index contributed by atoms with van der Waals surface area (Å²) >= 11 is 0. The molecule has 0 spiro atoms. The third kappa shape index (κ3) is 12.6. The summed E-state index contributed by atoms with van der Waals surface area (Å²) in [5.74, 6) is -1.33. The van der Waals surface area contributed by atoms with E-state index in [1.165, 1.54) is 16.7 Å². The highest BCUT2D eigenvalue weighted by atomic mass is 31.2. The van der Waals surface area contributed by atoms with Crippen molar-refractivity contribution in [3.05, 3.63) is 47.1 Å². The van der Waals surface area contributed by atoms with Crippen molar-refractivity contribution in [3.8, 4) is 0 Å². The topological polar surface area (TPSA) is 83.8 Å². The van der Waals surface area contributed by atoms with Crippen LogP contribution < -0.4 is 0 Å². The minimum Gasteiger partial charge on any atom is -0.481 e. The molecule has 0 heterocycles. The molecule has 6 heteroatoms. The van der Waals surface area contributed by atoms with Gasteiger partial charge in [-0.3, -0.25) is 9.36 Å². The van der Waals surface area contributed by atoms with Gasteiger partial charge in [0.2, 0.25) is 0 Å². The number of carboxylic acid groups (broad SMARTS) is 1. The third-order valence-corrected chi connectivity index (χ3v) is 5.84. The van der Waals surface area contributed by atoms with Gasteiger partial charge in [-0.1, -0.05) is 47.1 Å². The molecule has 2 unspecified atom stereocenters. The SMILES string of the molecule is CCOP(=O)(O)C(CC=CC=C(C)CCC=C(C)CCC=C(C)C)C(=O)O. The maximum Gasteiger partial charge on any atom is 0.342 e. The zero-order chi connectivity index (χ0) is 20.9. The van der Waals surface area contributed by atoms with Gasteiger partial charge in [0.1, 0.15) is 0 Å². The smallest absolute Gasteiger partial charge is 0.342 e. The molecular formula is C21H35O5P. The number of rotatable bonds is 13. The Labute approximate surface area is 164 Å². The molecule has 27 heavy (non-hydrogen) atoms. The van der Waals surface area contributed by atoms with Crippen LogP contribution in [0.15, 0.2) is 47.1 Å². The molecule has 0 aromatic heterocycles. The van der Waals surface area contributed by atoms with Crippen LogP contribution in [0.3, 0.4) is 0 Å². The predicted octanol–water partition coefficient (Wildman–Crippen LogP) is 6.03. The average Bonchev–Trinajstić information content (AvgIpc) is 2.53. The highest BCUT2D eigenvalue weighted by Gasteiger charge is 2.37. The lowest BCUT2D eigenvalue weighted by atomic mass is 10.1. The molecule has 0 fully saturated rings. The molecule has 2 N–H and O–H groups in total. The number of hydrogen-bond acceptors (Lipinski definition) is 3. The number of carboxylic acids is 1. The largest absolute Gasteiger partial charge is 0.481 e. The fourth-order valence-corrected chi connectivity index (χ4v) is 3.63. The molecule has 0 aliphatic heterocycles. The van der Waals surface area contributed by atoms with Crippen molar-refractivity contribution in [3.63, 3.8) is 0 Å². The van der Waals surface area contributed by atoms with Crippen LogP contribution in [-0.4, -0.2) is 28.2 Å². The molecule has 0 bridgehead atoms. The van der Waals surface area contributed by atoms with E-state index in [4.69, 9.17) is 9.63 Å². The van der Waals surface area contributed by atoms with Gasteiger partial charge in [0.15, 0.2) is 5.66 Å². The van der Waals surface area contributed by atoms with Gasteiger partial charge in [-0.15, -0.1) is 0 Å². The van der Waals surface area contributed by atoms with Crippen molar-refractivity contribution in [1.82, 2.24) is 0 Å². The van der Waals surface area contributed by atoms with Crippen LogP contribution in [0.2, 0.25) is 0 Å². The molecule has 0 rings (SSSR count). The number of hydrogen-bond donors (Lipinski definition) is 2. The van der Waals surface area contributed by atoms with Crippen LogP contribution in [0.1, 0.15) is 66.7 Å². The Bertz CT molecular complexity index is 624. The van der Waals surface area contributed by atoms with E-state index < -0.39 is 19.2 Å². The van der Waals surface area contributed by atoms with Crippen molar-refractivity contribution < 1.29 is 23.9 Å². The Kier molecular flexibility index (Phi) is 13.0. The predicted molar refractivity (Wildman–Crippen MR) is 112 cm³/mol. The Hall–Kier alpha value is -1.42. The van der Waals surface area contributed by atoms with Gasteiger partial charge in [-0.05, 0) is 66.7 Å². The van der Waals surface area contributed by atoms with Gasteiger partial charge in [-0.2, -0.15) is 0 Å². The quantitative estimate of drug-likeness (QED) is 0.225. The number of carbonyl (C=O) groups is 1. The van der Waals surface area contributed by atoms with E-state index in [9.17, 15) is 14.3 Å². The first-order chi connectivity index (χ1) is 12.6. The normalized spacial score (nSPS) is 16.2. The summed E-state index contributed by atoms with van der Waals surface area (Å²) in [7, 11) is -4.15. The van der Waals surface area contributed by atoms with Gasteiger partial charge in [0.05, 0.1) is 6.61 Å². The van der Waals surface area contributed by atoms with Crippen molar-refractivity contribution in [2.24, 2.45) is 0 Å². The van der Waals surface area contributed by atoms with Gasteiger partial charge < -0.3 is 14.5 Å². The summed E-state index contributed by atoms with van der Waals surface area (Å²) in [5, 5.41) is 9.13. The Balaban J connectivity index is 4.49. The standard InChI is InChI=1S/C21H35O5P/c1-6-26-27(24,25)20(21(22)23)16-8-7-12-18(4)14-10-15-19(5)13-9-11-17(2)3/h7-8,11-12,15,20H,6,9-10,13-14,16H2,1-5H3,(H,22,23)(H,24,25). The fourth-order valence-electron chi connectivity index (χ4n) is 2.41. The van der Waals surface area contributed by atoms with Gasteiger partial charge in [0.25, 0.3) is 0 Å². The Morgan fingerprint density at radius 1 is 1.07 bits per heavy atom. The summed E-state index contributed by atoms with van der Waals surface area (Å²) in [4.78, 5) is 20.9. The highest BCUT2D eigenvalue weighted by Crippen LogP contribution is 2.49. The second-order valence-electron chi connectivity index (χ2n) is 6.92. The van der Waals surface area contributed by atoms with Crippen LogP contribution >= 0.6 is 7.60 Å². The lowest BCUT2D eigenvalue weighted by Gasteiger charge is -2.16. The molecule has 0 aliphatic carbocycles. The lowest BCUT2D eigenvalue weighted by molar-refractivity contribution is -0.136. The zero-order valence-electron chi connectivity index (χ0n) is 17.3. The van der Waals surface area contributed by atoms with Crippen LogP contribution in [0.4, 0.5) is 0 Å². The monoisotopic (exact) mass is 398 g/mol. The molecule has 0 radical (unpaired) electrons. The average molecular weight is 398 g/mol. The summed E-state index contributed by atoms with van der Waals surface area (Å²) in [6.07, 6.45) is 13.7. The van der Waals surface area contributed by atoms with E-state index in [2.05, 4.69) is 32.9 Å². The van der Waals surface area contributed by atoms with E-state index in [0.29, 0.717) is 0 Å². The first-order valence-electron chi connectivity index (χ1n) is 9.41. The van der Waals surface area contributed by atoms with Gasteiger partial charge in [-0.25, -0.2) is 0 Å². The van der Waals surface area contributed by atoms with Crippen molar-refractivity contribution in [1.29, 1.82) is 0 Å². The number of allylic oxidation sites excluding steroid dienone is 8. The van der Waals surface area contributed by atoms with Crippen LogP contribution in [-0.2, 0) is 13.9 Å². The van der Waals surface area contributed by atoms with E-state index in [-0.39, 0.29) is 13.0 Å². The molecule has 154 valence electrons. The molecule has 0 saturated carbocycles. The van der Waals surface area contributed by atoms with Crippen LogP contribution in [0.25, 0.3) is 0 Å². The van der Waals surface area contributed by atoms with Gasteiger partial charge >= 0.3 is 13.6 Å². The van der Waals surface area contributed by atoms with Crippen LogP contribution in [0, 0.1) is 0 Å². The maximum atomic E-state index is 11.9. The molecule has 2 atom stereocenters. The Morgan fingerprint density at radius 3 is 2.22 bits per heavy atom. The highest BCUT2D eigenvalue weighted by molar-refractivity contribution is 7.54. The first-order valence-corrected chi connectivity index (χ1v) is 11.1. The fraction of sp³-hybridized carbons (Fsp3) is 0.571. The molecule has 0 amide bonds. The molecule has 0 saturated heterocycles. The van der Waals surface area contributed by atoms with Crippen molar-refractivity contribution >= 4 is 13.6 Å². The number of aliphatic carboxylic acids is 1. The third-order valence-electron chi connectivity index (χ3n) is 3.99. The molecule has 0 aromatic rings. The minimum absolute atomic E-state index is 0.00154. The minimum atomic E-state index is -4.15. The second-order valence-corrected chi connectivity index (χ2v) is 8.93. The van der Waals surface area contributed by atoms with E-state index >= 15 is 0 Å². The summed E-state index contributed by atoms with van der Waals surface area (Å²) in [6.45, 7) is 9.94. The lowest BCUT2D eigenvalue weighted by Crippen LogP contribution is -2.21. The van der Waals surface area contributed by atoms with E-state index in [1.807, 2.05) is 13.0 Å². The summed E-state index contributed by atoms with van der Waals surface area (Å²) in [5.41, 5.74) is 2.46. The molecule has 0 aliphatic rings. The van der Waals surface area contributed by atoms with E-state index in [0.717, 1.165) is 25.7 Å². The molecule has 0 aromatic carbocycles. The zero-order valence-corrected chi connectivity index (χ0v) is 18.2. The summed E-state index contributed by atoms with van der Waals surface area (Å²) < 4.78 is 16.6. The molecular weight excluding hydrogens is 363 g/mol. The summed E-state index contributed by atoms with van der Waals surface area (Å²) in [6, 6.07) is 0. The maximum absolute atomic E-state index is 11.9.